The molecule has 3 rings (SSSR count). The topological polar surface area (TPSA) is 27.1 Å². The highest BCUT2D eigenvalue weighted by Gasteiger charge is 1.97. The zero-order valence-corrected chi connectivity index (χ0v) is 13.9. The van der Waals surface area contributed by atoms with E-state index >= 15 is 0 Å². The average Bonchev–Trinajstić information content (AvgIpc) is 3.05. The van der Waals surface area contributed by atoms with E-state index in [1.807, 2.05) is 59.3 Å². The number of benzene rings is 2. The number of halogens is 2. The Morgan fingerprint density at radius 2 is 1.65 bits per heavy atom. The minimum atomic E-state index is 0. The molecular formula is C18H16Cl2N2O. The van der Waals surface area contributed by atoms with Gasteiger partial charge in [0.25, 0.3) is 0 Å². The van der Waals surface area contributed by atoms with Crippen LogP contribution in [-0.4, -0.2) is 9.55 Å². The molecular weight excluding hydrogens is 331 g/mol. The van der Waals surface area contributed by atoms with Gasteiger partial charge in [0.2, 0.25) is 0 Å². The summed E-state index contributed by atoms with van der Waals surface area (Å²) in [5, 5.41) is 0.700. The summed E-state index contributed by atoms with van der Waals surface area (Å²) in [5.74, 6) is 1.57. The largest absolute Gasteiger partial charge is 0.457 e. The lowest BCUT2D eigenvalue weighted by atomic mass is 10.2. The fraction of sp³-hybridized carbons (Fsp3) is 0.0556. The van der Waals surface area contributed by atoms with Gasteiger partial charge < -0.3 is 9.30 Å². The lowest BCUT2D eigenvalue weighted by Crippen LogP contribution is -1.89. The van der Waals surface area contributed by atoms with Gasteiger partial charge in [0.05, 0.1) is 6.33 Å². The van der Waals surface area contributed by atoms with Crippen LogP contribution in [0.15, 0.2) is 73.3 Å². The zero-order valence-electron chi connectivity index (χ0n) is 12.3. The Balaban J connectivity index is 0.00000192. The third kappa shape index (κ3) is 5.16. The first-order valence-electron chi connectivity index (χ1n) is 6.95. The SMILES string of the molecule is Cl.Clc1ccc(Oc2ccc(C=CCn3ccnc3)cc2)cc1. The summed E-state index contributed by atoms with van der Waals surface area (Å²) < 4.78 is 7.77. The van der Waals surface area contributed by atoms with Gasteiger partial charge >= 0.3 is 0 Å². The van der Waals surface area contributed by atoms with Crippen molar-refractivity contribution in [3.63, 3.8) is 0 Å². The summed E-state index contributed by atoms with van der Waals surface area (Å²) in [6.45, 7) is 0.809. The number of aromatic nitrogens is 2. The average molecular weight is 347 g/mol. The Morgan fingerprint density at radius 3 is 2.26 bits per heavy atom. The van der Waals surface area contributed by atoms with Crippen molar-refractivity contribution >= 4 is 30.1 Å². The van der Waals surface area contributed by atoms with Crippen molar-refractivity contribution in [2.75, 3.05) is 0 Å². The summed E-state index contributed by atoms with van der Waals surface area (Å²) in [4.78, 5) is 4.01. The molecule has 0 N–H and O–H groups in total. The standard InChI is InChI=1S/C18H15ClN2O.ClH/c19-16-5-9-18(10-6-16)22-17-7-3-15(4-8-17)2-1-12-21-13-11-20-14-21;/h1-11,13-14H,12H2;1H. The molecule has 5 heteroatoms. The van der Waals surface area contributed by atoms with Crippen molar-refractivity contribution < 1.29 is 4.74 Å². The Bertz CT molecular complexity index is 736. The minimum absolute atomic E-state index is 0. The quantitative estimate of drug-likeness (QED) is 0.612. The highest BCUT2D eigenvalue weighted by Crippen LogP contribution is 2.23. The van der Waals surface area contributed by atoms with Crippen molar-refractivity contribution in [2.24, 2.45) is 0 Å². The second kappa shape index (κ2) is 8.42. The maximum absolute atomic E-state index is 5.85. The van der Waals surface area contributed by atoms with Gasteiger partial charge in [-0.3, -0.25) is 0 Å². The van der Waals surface area contributed by atoms with E-state index in [0.29, 0.717) is 5.02 Å². The van der Waals surface area contributed by atoms with Crippen LogP contribution in [0, 0.1) is 0 Å². The first-order valence-corrected chi connectivity index (χ1v) is 7.33. The first kappa shape index (κ1) is 17.1. The predicted octanol–water partition coefficient (Wildman–Crippen LogP) is 5.46. The van der Waals surface area contributed by atoms with Crippen LogP contribution in [-0.2, 0) is 6.54 Å². The normalized spacial score (nSPS) is 10.5. The number of rotatable bonds is 5. The zero-order chi connectivity index (χ0) is 15.2. The van der Waals surface area contributed by atoms with Crippen LogP contribution < -0.4 is 4.74 Å². The van der Waals surface area contributed by atoms with Crippen LogP contribution in [0.3, 0.4) is 0 Å². The summed E-state index contributed by atoms with van der Waals surface area (Å²) in [5.41, 5.74) is 1.13. The van der Waals surface area contributed by atoms with Gasteiger partial charge in [-0.05, 0) is 42.0 Å². The fourth-order valence-corrected chi connectivity index (χ4v) is 2.12. The van der Waals surface area contributed by atoms with E-state index in [1.54, 1.807) is 12.5 Å². The van der Waals surface area contributed by atoms with Gasteiger partial charge in [0.1, 0.15) is 11.5 Å². The molecule has 0 amide bonds. The highest BCUT2D eigenvalue weighted by atomic mass is 35.5. The van der Waals surface area contributed by atoms with Gasteiger partial charge in [-0.15, -0.1) is 12.4 Å². The summed E-state index contributed by atoms with van der Waals surface area (Å²) in [7, 11) is 0. The molecule has 3 nitrogen and oxygen atoms in total. The van der Waals surface area contributed by atoms with Crippen molar-refractivity contribution in [1.82, 2.24) is 9.55 Å². The van der Waals surface area contributed by atoms with Crippen molar-refractivity contribution in [1.29, 1.82) is 0 Å². The molecule has 23 heavy (non-hydrogen) atoms. The van der Waals surface area contributed by atoms with Gasteiger partial charge in [0, 0.05) is 24.0 Å². The molecule has 0 atom stereocenters. The van der Waals surface area contributed by atoms with E-state index in [1.165, 1.54) is 0 Å². The summed E-state index contributed by atoms with van der Waals surface area (Å²) in [6, 6.07) is 15.3. The van der Waals surface area contributed by atoms with E-state index in [2.05, 4.69) is 17.1 Å². The molecule has 0 saturated heterocycles. The lowest BCUT2D eigenvalue weighted by molar-refractivity contribution is 0.482. The molecule has 0 saturated carbocycles. The van der Waals surface area contributed by atoms with Gasteiger partial charge in [-0.25, -0.2) is 4.98 Å². The third-order valence-electron chi connectivity index (χ3n) is 3.12. The molecule has 0 aliphatic heterocycles. The highest BCUT2D eigenvalue weighted by molar-refractivity contribution is 6.30. The molecule has 0 spiro atoms. The predicted molar refractivity (Wildman–Crippen MR) is 96.5 cm³/mol. The summed E-state index contributed by atoms with van der Waals surface area (Å²) >= 11 is 5.85. The van der Waals surface area contributed by atoms with E-state index in [4.69, 9.17) is 16.3 Å². The van der Waals surface area contributed by atoms with Crippen LogP contribution in [0.1, 0.15) is 5.56 Å². The van der Waals surface area contributed by atoms with E-state index in [0.717, 1.165) is 23.6 Å². The molecule has 0 bridgehead atoms. The maximum atomic E-state index is 5.85. The Morgan fingerprint density at radius 1 is 1.00 bits per heavy atom. The monoisotopic (exact) mass is 346 g/mol. The first-order chi connectivity index (χ1) is 10.8. The van der Waals surface area contributed by atoms with Gasteiger partial charge in [-0.2, -0.15) is 0 Å². The molecule has 1 aromatic heterocycles. The smallest absolute Gasteiger partial charge is 0.127 e. The Hall–Kier alpha value is -2.23. The van der Waals surface area contributed by atoms with Crippen LogP contribution in [0.4, 0.5) is 0 Å². The molecule has 0 fully saturated rings. The van der Waals surface area contributed by atoms with E-state index in [-0.39, 0.29) is 12.4 Å². The molecule has 2 aromatic carbocycles. The number of allylic oxidation sites excluding steroid dienone is 1. The summed E-state index contributed by atoms with van der Waals surface area (Å²) in [6.07, 6.45) is 9.68. The maximum Gasteiger partial charge on any atom is 0.127 e. The van der Waals surface area contributed by atoms with Crippen LogP contribution >= 0.6 is 24.0 Å². The number of hydrogen-bond donors (Lipinski definition) is 0. The molecule has 3 aromatic rings. The number of imidazole rings is 1. The molecule has 0 unspecified atom stereocenters. The Labute approximate surface area is 146 Å². The van der Waals surface area contributed by atoms with Gasteiger partial charge in [-0.1, -0.05) is 35.9 Å². The lowest BCUT2D eigenvalue weighted by Gasteiger charge is -2.05. The van der Waals surface area contributed by atoms with Crippen LogP contribution in [0.5, 0.6) is 11.5 Å². The number of ether oxygens (including phenoxy) is 1. The molecule has 118 valence electrons. The Kier molecular flexibility index (Phi) is 6.27. The number of nitrogens with zero attached hydrogens (tertiary/aromatic N) is 2. The minimum Gasteiger partial charge on any atom is -0.457 e. The van der Waals surface area contributed by atoms with Gasteiger partial charge in [0.15, 0.2) is 0 Å². The van der Waals surface area contributed by atoms with E-state index in [9.17, 15) is 0 Å². The molecule has 0 aliphatic carbocycles. The third-order valence-corrected chi connectivity index (χ3v) is 3.37. The second-order valence-electron chi connectivity index (χ2n) is 4.79. The fourth-order valence-electron chi connectivity index (χ4n) is 1.99. The number of hydrogen-bond acceptors (Lipinski definition) is 2. The van der Waals surface area contributed by atoms with Crippen LogP contribution in [0.25, 0.3) is 6.08 Å². The molecule has 1 heterocycles. The van der Waals surface area contributed by atoms with Crippen molar-refractivity contribution in [3.05, 3.63) is 83.9 Å². The molecule has 0 radical (unpaired) electrons. The van der Waals surface area contributed by atoms with Crippen molar-refractivity contribution in [3.8, 4) is 11.5 Å². The van der Waals surface area contributed by atoms with E-state index < -0.39 is 0 Å². The second-order valence-corrected chi connectivity index (χ2v) is 5.22. The van der Waals surface area contributed by atoms with Crippen molar-refractivity contribution in [2.45, 2.75) is 6.54 Å². The van der Waals surface area contributed by atoms with Crippen LogP contribution in [0.2, 0.25) is 5.02 Å². The molecule has 0 aliphatic rings.